The van der Waals surface area contributed by atoms with Gasteiger partial charge in [0.1, 0.15) is 0 Å². The zero-order chi connectivity index (χ0) is 15.9. The molecule has 1 aromatic rings. The van der Waals surface area contributed by atoms with Crippen molar-refractivity contribution < 1.29 is 22.6 Å². The zero-order valence-corrected chi connectivity index (χ0v) is 12.3. The van der Waals surface area contributed by atoms with Crippen LogP contribution in [0.4, 0.5) is 13.2 Å². The summed E-state index contributed by atoms with van der Waals surface area (Å²) in [5.41, 5.74) is 5.81. The molecule has 0 saturated heterocycles. The van der Waals surface area contributed by atoms with Crippen molar-refractivity contribution in [1.82, 2.24) is 0 Å². The molecule has 0 aliphatic carbocycles. The summed E-state index contributed by atoms with van der Waals surface area (Å²) in [6, 6.07) is 4.37. The van der Waals surface area contributed by atoms with Crippen LogP contribution >= 0.6 is 0 Å². The average molecular weight is 305 g/mol. The minimum Gasteiger partial charge on any atom is -0.379 e. The third-order valence-electron chi connectivity index (χ3n) is 2.79. The van der Waals surface area contributed by atoms with Gasteiger partial charge in [0.15, 0.2) is 0 Å². The Hall–Kier alpha value is -1.11. The Labute approximate surface area is 123 Å². The van der Waals surface area contributed by atoms with Gasteiger partial charge in [-0.15, -0.1) is 0 Å². The van der Waals surface area contributed by atoms with E-state index in [1.165, 1.54) is 12.1 Å². The van der Waals surface area contributed by atoms with Gasteiger partial charge in [0, 0.05) is 6.61 Å². The van der Waals surface area contributed by atoms with Crippen LogP contribution < -0.4 is 5.73 Å². The van der Waals surface area contributed by atoms with E-state index >= 15 is 0 Å². The third-order valence-corrected chi connectivity index (χ3v) is 2.79. The fourth-order valence-electron chi connectivity index (χ4n) is 1.66. The predicted molar refractivity (Wildman–Crippen MR) is 74.8 cm³/mol. The number of halogens is 3. The van der Waals surface area contributed by atoms with Crippen LogP contribution in [-0.2, 0) is 15.7 Å². The van der Waals surface area contributed by atoms with E-state index < -0.39 is 17.8 Å². The summed E-state index contributed by atoms with van der Waals surface area (Å²) in [7, 11) is 0. The van der Waals surface area contributed by atoms with Crippen LogP contribution in [0.3, 0.4) is 0 Å². The van der Waals surface area contributed by atoms with Crippen molar-refractivity contribution in [2.45, 2.75) is 26.1 Å². The highest BCUT2D eigenvalue weighted by Crippen LogP contribution is 2.29. The van der Waals surface area contributed by atoms with Crippen LogP contribution in [0.1, 0.15) is 31.0 Å². The van der Waals surface area contributed by atoms with Gasteiger partial charge < -0.3 is 15.2 Å². The largest absolute Gasteiger partial charge is 0.416 e. The van der Waals surface area contributed by atoms with Crippen LogP contribution in [0.25, 0.3) is 0 Å². The van der Waals surface area contributed by atoms with Crippen molar-refractivity contribution in [3.8, 4) is 0 Å². The summed E-state index contributed by atoms with van der Waals surface area (Å²) in [6.45, 7) is 5.94. The van der Waals surface area contributed by atoms with Crippen molar-refractivity contribution in [3.05, 3.63) is 35.4 Å². The molecule has 1 rings (SSSR count). The predicted octanol–water partition coefficient (Wildman–Crippen LogP) is 3.39. The van der Waals surface area contributed by atoms with Crippen LogP contribution in [0.2, 0.25) is 0 Å². The highest BCUT2D eigenvalue weighted by Gasteiger charge is 2.30. The summed E-state index contributed by atoms with van der Waals surface area (Å²) in [5, 5.41) is 0. The molecule has 1 unspecified atom stereocenters. The molecule has 0 bridgehead atoms. The number of benzene rings is 1. The first-order valence-electron chi connectivity index (χ1n) is 6.89. The standard InChI is InChI=1S/C15H22F3NO2/c1-11(2)9-20-7-8-21-10-14(19)12-3-5-13(6-4-12)15(16,17)18/h3-6,11,14H,7-10,19H2,1-2H3. The lowest BCUT2D eigenvalue weighted by Crippen LogP contribution is -2.19. The van der Waals surface area contributed by atoms with Gasteiger partial charge in [-0.1, -0.05) is 26.0 Å². The molecule has 0 spiro atoms. The Morgan fingerprint density at radius 3 is 2.00 bits per heavy atom. The number of hydrogen-bond acceptors (Lipinski definition) is 3. The third kappa shape index (κ3) is 6.93. The Kier molecular flexibility index (Phi) is 7.14. The summed E-state index contributed by atoms with van der Waals surface area (Å²) >= 11 is 0. The van der Waals surface area contributed by atoms with Gasteiger partial charge in [-0.3, -0.25) is 0 Å². The van der Waals surface area contributed by atoms with Crippen LogP contribution in [-0.4, -0.2) is 26.4 Å². The first-order chi connectivity index (χ1) is 9.80. The zero-order valence-electron chi connectivity index (χ0n) is 12.3. The lowest BCUT2D eigenvalue weighted by atomic mass is 10.1. The van der Waals surface area contributed by atoms with Crippen molar-refractivity contribution in [1.29, 1.82) is 0 Å². The monoisotopic (exact) mass is 305 g/mol. The van der Waals surface area contributed by atoms with E-state index in [0.29, 0.717) is 31.3 Å². The summed E-state index contributed by atoms with van der Waals surface area (Å²) in [4.78, 5) is 0. The molecule has 0 heterocycles. The lowest BCUT2D eigenvalue weighted by molar-refractivity contribution is -0.137. The van der Waals surface area contributed by atoms with Gasteiger partial charge >= 0.3 is 6.18 Å². The fourth-order valence-corrected chi connectivity index (χ4v) is 1.66. The number of hydrogen-bond donors (Lipinski definition) is 1. The SMILES string of the molecule is CC(C)COCCOCC(N)c1ccc(C(F)(F)F)cc1. The molecule has 0 fully saturated rings. The van der Waals surface area contributed by atoms with Gasteiger partial charge in [-0.25, -0.2) is 0 Å². The quantitative estimate of drug-likeness (QED) is 0.749. The highest BCUT2D eigenvalue weighted by atomic mass is 19.4. The minimum atomic E-state index is -4.33. The molecule has 120 valence electrons. The molecule has 3 nitrogen and oxygen atoms in total. The van der Waals surface area contributed by atoms with Crippen LogP contribution in [0.15, 0.2) is 24.3 Å². The van der Waals surface area contributed by atoms with Crippen molar-refractivity contribution in [2.24, 2.45) is 11.7 Å². The van der Waals surface area contributed by atoms with Gasteiger partial charge in [0.2, 0.25) is 0 Å². The topological polar surface area (TPSA) is 44.5 Å². The second-order valence-electron chi connectivity index (χ2n) is 5.27. The van der Waals surface area contributed by atoms with E-state index in [1.807, 2.05) is 0 Å². The molecule has 0 aromatic heterocycles. The fraction of sp³-hybridized carbons (Fsp3) is 0.600. The molecule has 6 heteroatoms. The van der Waals surface area contributed by atoms with Crippen molar-refractivity contribution in [3.63, 3.8) is 0 Å². The van der Waals surface area contributed by atoms with Crippen LogP contribution in [0, 0.1) is 5.92 Å². The summed E-state index contributed by atoms with van der Waals surface area (Å²) in [6.07, 6.45) is -4.33. The van der Waals surface area contributed by atoms with Gasteiger partial charge in [0.05, 0.1) is 31.4 Å². The summed E-state index contributed by atoms with van der Waals surface area (Å²) < 4.78 is 48.0. The molecular weight excluding hydrogens is 283 g/mol. The Bertz CT molecular complexity index is 404. The highest BCUT2D eigenvalue weighted by molar-refractivity contribution is 5.26. The number of ether oxygens (including phenoxy) is 2. The molecule has 1 atom stereocenters. The van der Waals surface area contributed by atoms with E-state index in [2.05, 4.69) is 13.8 Å². The second-order valence-corrected chi connectivity index (χ2v) is 5.27. The first kappa shape index (κ1) is 17.9. The molecule has 0 amide bonds. The normalized spacial score (nSPS) is 13.7. The maximum absolute atomic E-state index is 12.4. The number of nitrogens with two attached hydrogens (primary N) is 1. The number of alkyl halides is 3. The molecular formula is C15H22F3NO2. The summed E-state index contributed by atoms with van der Waals surface area (Å²) in [5.74, 6) is 0.472. The number of rotatable bonds is 8. The molecule has 0 aliphatic rings. The Morgan fingerprint density at radius 2 is 1.52 bits per heavy atom. The maximum Gasteiger partial charge on any atom is 0.416 e. The molecule has 0 aliphatic heterocycles. The molecule has 0 radical (unpaired) electrons. The second kappa shape index (κ2) is 8.36. The smallest absolute Gasteiger partial charge is 0.379 e. The van der Waals surface area contributed by atoms with Gasteiger partial charge in [0.25, 0.3) is 0 Å². The first-order valence-corrected chi connectivity index (χ1v) is 6.89. The maximum atomic E-state index is 12.4. The van der Waals surface area contributed by atoms with Gasteiger partial charge in [-0.2, -0.15) is 13.2 Å². The van der Waals surface area contributed by atoms with Gasteiger partial charge in [-0.05, 0) is 23.6 Å². The van der Waals surface area contributed by atoms with Crippen molar-refractivity contribution >= 4 is 0 Å². The van der Waals surface area contributed by atoms with E-state index in [4.69, 9.17) is 15.2 Å². The Morgan fingerprint density at radius 1 is 1.00 bits per heavy atom. The Balaban J connectivity index is 2.30. The molecule has 21 heavy (non-hydrogen) atoms. The minimum absolute atomic E-state index is 0.246. The lowest BCUT2D eigenvalue weighted by Gasteiger charge is -2.14. The van der Waals surface area contributed by atoms with Crippen molar-refractivity contribution in [2.75, 3.05) is 26.4 Å². The average Bonchev–Trinajstić information content (AvgIpc) is 2.41. The van der Waals surface area contributed by atoms with Crippen LogP contribution in [0.5, 0.6) is 0 Å². The van der Waals surface area contributed by atoms with E-state index in [9.17, 15) is 13.2 Å². The molecule has 1 aromatic carbocycles. The van der Waals surface area contributed by atoms with E-state index in [-0.39, 0.29) is 6.61 Å². The molecule has 0 saturated carbocycles. The molecule has 2 N–H and O–H groups in total. The van der Waals surface area contributed by atoms with E-state index in [1.54, 1.807) is 0 Å². The van der Waals surface area contributed by atoms with E-state index in [0.717, 1.165) is 12.1 Å².